The molecule has 2 N–H and O–H groups in total. The quantitative estimate of drug-likeness (QED) is 0.536. The van der Waals surface area contributed by atoms with Crippen molar-refractivity contribution in [3.63, 3.8) is 0 Å². The molecule has 0 saturated carbocycles. The Bertz CT molecular complexity index is 386. The van der Waals surface area contributed by atoms with E-state index >= 15 is 0 Å². The first-order chi connectivity index (χ1) is 6.28. The first kappa shape index (κ1) is 10.8. The Hall–Kier alpha value is 0.290. The molecule has 0 aromatic carbocycles. The first-order valence-electron chi connectivity index (χ1n) is 3.95. The standard InChI is InChI=1S/C6H7Cl3N2O2S/c7-6(8,9)5-10-3-1-14(12,13)2-4(3)11-5/h3-4H,1-2H2,(H,10,11)/p+1. The molecule has 0 amide bonds. The van der Waals surface area contributed by atoms with Crippen molar-refractivity contribution >= 4 is 50.5 Å². The lowest BCUT2D eigenvalue weighted by molar-refractivity contribution is -0.488. The molecule has 1 saturated heterocycles. The van der Waals surface area contributed by atoms with Crippen molar-refractivity contribution < 1.29 is 13.4 Å². The van der Waals surface area contributed by atoms with E-state index < -0.39 is 13.6 Å². The maximum Gasteiger partial charge on any atom is 0.296 e. The van der Waals surface area contributed by atoms with Gasteiger partial charge in [-0.15, -0.1) is 0 Å². The Morgan fingerprint density at radius 1 is 1.36 bits per heavy atom. The lowest BCUT2D eigenvalue weighted by Crippen LogP contribution is -2.80. The fourth-order valence-electron chi connectivity index (χ4n) is 1.71. The molecule has 2 aliphatic heterocycles. The minimum Gasteiger partial charge on any atom is -0.267 e. The first-order valence-corrected chi connectivity index (χ1v) is 6.91. The Labute approximate surface area is 96.5 Å². The van der Waals surface area contributed by atoms with Gasteiger partial charge in [-0.1, -0.05) is 34.8 Å². The van der Waals surface area contributed by atoms with Crippen LogP contribution in [-0.4, -0.2) is 41.6 Å². The predicted octanol–water partition coefficient (Wildman–Crippen LogP) is -1.40. The van der Waals surface area contributed by atoms with Crippen LogP contribution in [-0.2, 0) is 9.84 Å². The normalized spacial score (nSPS) is 34.9. The van der Waals surface area contributed by atoms with Gasteiger partial charge in [0.15, 0.2) is 9.84 Å². The number of amidine groups is 1. The van der Waals surface area contributed by atoms with Gasteiger partial charge in [-0.3, -0.25) is 10.3 Å². The van der Waals surface area contributed by atoms with Crippen LogP contribution in [0, 0.1) is 0 Å². The van der Waals surface area contributed by atoms with E-state index in [0.717, 1.165) is 0 Å². The van der Waals surface area contributed by atoms with Gasteiger partial charge in [0, 0.05) is 0 Å². The SMILES string of the molecule is O=S1(=O)CC2NC(C(Cl)(Cl)Cl)=[NH+]C2C1. The van der Waals surface area contributed by atoms with Gasteiger partial charge < -0.3 is 0 Å². The van der Waals surface area contributed by atoms with Crippen LogP contribution in [0.15, 0.2) is 0 Å². The maximum absolute atomic E-state index is 11.2. The second kappa shape index (κ2) is 3.14. The van der Waals surface area contributed by atoms with Crippen molar-refractivity contribution in [2.45, 2.75) is 15.9 Å². The minimum atomic E-state index is -2.94. The van der Waals surface area contributed by atoms with Gasteiger partial charge in [0.1, 0.15) is 12.1 Å². The average Bonchev–Trinajstić information content (AvgIpc) is 2.37. The summed E-state index contributed by atoms with van der Waals surface area (Å²) in [6, 6.07) is -0.351. The summed E-state index contributed by atoms with van der Waals surface area (Å²) in [4.78, 5) is 2.88. The average molecular weight is 279 g/mol. The van der Waals surface area contributed by atoms with Crippen LogP contribution in [0.1, 0.15) is 0 Å². The molecule has 14 heavy (non-hydrogen) atoms. The third-order valence-electron chi connectivity index (χ3n) is 2.30. The molecule has 8 heteroatoms. The maximum atomic E-state index is 11.2. The number of alkyl halides is 3. The number of hydrogen-bond acceptors (Lipinski definition) is 3. The number of fused-ring (bicyclic) bond motifs is 1. The molecule has 0 bridgehead atoms. The second-order valence-corrected chi connectivity index (χ2v) is 7.89. The molecule has 0 radical (unpaired) electrons. The number of hydrogen-bond donors (Lipinski definition) is 2. The van der Waals surface area contributed by atoms with Gasteiger partial charge in [0.2, 0.25) is 0 Å². The second-order valence-electron chi connectivity index (χ2n) is 3.45. The monoisotopic (exact) mass is 277 g/mol. The van der Waals surface area contributed by atoms with Crippen molar-refractivity contribution in [3.05, 3.63) is 0 Å². The van der Waals surface area contributed by atoms with Crippen LogP contribution >= 0.6 is 34.8 Å². The molecule has 2 rings (SSSR count). The van der Waals surface area contributed by atoms with E-state index in [1.54, 1.807) is 0 Å². The summed E-state index contributed by atoms with van der Waals surface area (Å²) in [5.74, 6) is 0.552. The number of rotatable bonds is 0. The lowest BCUT2D eigenvalue weighted by Gasteiger charge is -2.06. The van der Waals surface area contributed by atoms with E-state index in [-0.39, 0.29) is 23.6 Å². The molecule has 4 nitrogen and oxygen atoms in total. The molecule has 80 valence electrons. The van der Waals surface area contributed by atoms with Crippen LogP contribution in [0.25, 0.3) is 0 Å². The van der Waals surface area contributed by atoms with Gasteiger partial charge in [-0.25, -0.2) is 8.42 Å². The largest absolute Gasteiger partial charge is 0.296 e. The van der Waals surface area contributed by atoms with E-state index in [2.05, 4.69) is 10.3 Å². The minimum absolute atomic E-state index is 0.0922. The van der Waals surface area contributed by atoms with Crippen LogP contribution in [0.3, 0.4) is 0 Å². The van der Waals surface area contributed by atoms with Gasteiger partial charge in [0.25, 0.3) is 9.63 Å². The van der Waals surface area contributed by atoms with E-state index in [0.29, 0.717) is 5.84 Å². The fourth-order valence-corrected chi connectivity index (χ4v) is 3.90. The Morgan fingerprint density at radius 3 is 2.50 bits per heavy atom. The van der Waals surface area contributed by atoms with Crippen LogP contribution in [0.5, 0.6) is 0 Å². The summed E-state index contributed by atoms with van der Waals surface area (Å²) < 4.78 is 20.9. The van der Waals surface area contributed by atoms with Crippen LogP contribution < -0.4 is 10.3 Å². The highest BCUT2D eigenvalue weighted by molar-refractivity contribution is 7.91. The molecule has 2 unspecified atom stereocenters. The smallest absolute Gasteiger partial charge is 0.267 e. The number of sulfone groups is 1. The van der Waals surface area contributed by atoms with Crippen molar-refractivity contribution in [2.24, 2.45) is 0 Å². The van der Waals surface area contributed by atoms with Crippen molar-refractivity contribution in [2.75, 3.05) is 11.5 Å². The summed E-state index contributed by atoms with van der Waals surface area (Å²) in [7, 11) is -2.94. The third-order valence-corrected chi connectivity index (χ3v) is 4.60. The third kappa shape index (κ3) is 1.96. The molecule has 2 heterocycles. The van der Waals surface area contributed by atoms with E-state index in [1.807, 2.05) is 0 Å². The topological polar surface area (TPSA) is 60.1 Å². The summed E-state index contributed by atoms with van der Waals surface area (Å²) >= 11 is 16.9. The zero-order valence-electron chi connectivity index (χ0n) is 6.93. The van der Waals surface area contributed by atoms with Crippen LogP contribution in [0.2, 0.25) is 0 Å². The van der Waals surface area contributed by atoms with Crippen molar-refractivity contribution in [1.82, 2.24) is 5.32 Å². The summed E-state index contributed by atoms with van der Waals surface area (Å²) in [6.45, 7) is 0. The molecular formula is C6H8Cl3N2O2S+. The Balaban J connectivity index is 2.20. The van der Waals surface area contributed by atoms with Crippen molar-refractivity contribution in [3.8, 4) is 0 Å². The highest BCUT2D eigenvalue weighted by Crippen LogP contribution is 2.27. The molecule has 0 aromatic rings. The zero-order chi connectivity index (χ0) is 10.6. The molecule has 2 aliphatic rings. The Morgan fingerprint density at radius 2 is 2.00 bits per heavy atom. The predicted molar refractivity (Wildman–Crippen MR) is 55.6 cm³/mol. The molecule has 2 atom stereocenters. The summed E-state index contributed by atoms with van der Waals surface area (Å²) in [5.41, 5.74) is 0. The van der Waals surface area contributed by atoms with Gasteiger partial charge in [-0.05, 0) is 0 Å². The van der Waals surface area contributed by atoms with Crippen molar-refractivity contribution in [1.29, 1.82) is 0 Å². The van der Waals surface area contributed by atoms with E-state index in [9.17, 15) is 8.42 Å². The molecule has 0 spiro atoms. The summed E-state index contributed by atoms with van der Waals surface area (Å²) in [6.07, 6.45) is 0. The molecule has 0 aliphatic carbocycles. The zero-order valence-corrected chi connectivity index (χ0v) is 10.0. The van der Waals surface area contributed by atoms with Crippen LogP contribution in [0.4, 0.5) is 0 Å². The van der Waals surface area contributed by atoms with Gasteiger partial charge in [0.05, 0.1) is 11.5 Å². The van der Waals surface area contributed by atoms with E-state index in [4.69, 9.17) is 34.8 Å². The van der Waals surface area contributed by atoms with Gasteiger partial charge >= 0.3 is 0 Å². The molecule has 0 aromatic heterocycles. The lowest BCUT2D eigenvalue weighted by atomic mass is 10.2. The number of nitrogens with one attached hydrogen (secondary N) is 2. The summed E-state index contributed by atoms with van der Waals surface area (Å²) in [5, 5.41) is 2.88. The Kier molecular flexibility index (Phi) is 2.42. The number of halogens is 3. The van der Waals surface area contributed by atoms with E-state index in [1.165, 1.54) is 0 Å². The highest BCUT2D eigenvalue weighted by Gasteiger charge is 2.51. The molecule has 1 fully saturated rings. The fraction of sp³-hybridized carbons (Fsp3) is 0.833. The molecular weight excluding hydrogens is 271 g/mol. The highest BCUT2D eigenvalue weighted by atomic mass is 35.6. The van der Waals surface area contributed by atoms with Gasteiger partial charge in [-0.2, -0.15) is 0 Å².